The lowest BCUT2D eigenvalue weighted by atomic mass is 9.89. The number of amides is 2. The standard InChI is InChI=1S/C13H32O2Si2.C12H17FN2O3.C9H10O2.C7H18Si.C6H10O2/c1-10(2)16(9,11(3)4)15-17(14,12(5)6)13(7)8;1-7-4-5-15(11(17)14-7)10-12(3,13)8(2)9(6-16)18-10;1-8(10)11-7-9-5-3-2-4-6-9;1-7(2,3)8(4,5)6;1-5(7)3-4-6(2)8/h10-14H,1-9H3;4-5,8-10,16H,1,6H2,2-3H3,(H,14,17);2-6H,7H2,1H3;1-6H3;3-4H2,1-2H3/t;8-,9-,10-,12-;;;/m.1.../s1. The van der Waals surface area contributed by atoms with Crippen LogP contribution >= 0.6 is 0 Å². The number of ether oxygens (including phenoxy) is 2. The van der Waals surface area contributed by atoms with E-state index in [1.165, 1.54) is 33.9 Å². The summed E-state index contributed by atoms with van der Waals surface area (Å²) >= 11 is 0. The van der Waals surface area contributed by atoms with Crippen molar-refractivity contribution in [1.82, 2.24) is 10.2 Å². The van der Waals surface area contributed by atoms with Crippen LogP contribution in [0.15, 0.2) is 54.9 Å². The molecule has 0 aliphatic carbocycles. The number of aliphatic hydroxyl groups is 1. The molecule has 0 spiro atoms. The van der Waals surface area contributed by atoms with Crippen LogP contribution in [-0.4, -0.2) is 87.9 Å². The van der Waals surface area contributed by atoms with Crippen LogP contribution in [0.2, 0.25) is 53.4 Å². The van der Waals surface area contributed by atoms with E-state index in [0.29, 0.717) is 41.3 Å². The maximum absolute atomic E-state index is 14.6. The zero-order valence-corrected chi connectivity index (χ0v) is 45.2. The van der Waals surface area contributed by atoms with Crippen LogP contribution in [0.3, 0.4) is 0 Å². The first kappa shape index (κ1) is 61.3. The fraction of sp³-hybridized carbons (Fsp3) is 0.702. The number of rotatable bonds is 13. The van der Waals surface area contributed by atoms with Crippen LogP contribution in [0.4, 0.5) is 9.18 Å². The third-order valence-corrected chi connectivity index (χ3v) is 27.8. The molecule has 0 saturated carbocycles. The minimum atomic E-state index is -2.60. The summed E-state index contributed by atoms with van der Waals surface area (Å²) in [4.78, 5) is 54.7. The quantitative estimate of drug-likeness (QED) is 0.130. The molecule has 2 amide bonds. The average Bonchev–Trinajstić information content (AvgIpc) is 3.36. The Labute approximate surface area is 379 Å². The predicted molar refractivity (Wildman–Crippen MR) is 260 cm³/mol. The molecule has 0 aromatic heterocycles. The van der Waals surface area contributed by atoms with Gasteiger partial charge in [0.2, 0.25) is 0 Å². The van der Waals surface area contributed by atoms with Crippen LogP contribution in [0, 0.1) is 5.92 Å². The fourth-order valence-corrected chi connectivity index (χ4v) is 14.7. The summed E-state index contributed by atoms with van der Waals surface area (Å²) in [6.45, 7) is 45.0. The number of nitrogens with one attached hydrogen (secondary N) is 1. The highest BCUT2D eigenvalue weighted by atomic mass is 28.4. The molecule has 3 N–H and O–H groups in total. The third-order valence-electron chi connectivity index (χ3n) is 12.3. The van der Waals surface area contributed by atoms with E-state index in [4.69, 9.17) is 18.7 Å². The molecule has 0 radical (unpaired) electrons. The highest BCUT2D eigenvalue weighted by molar-refractivity contribution is 6.85. The summed E-state index contributed by atoms with van der Waals surface area (Å²) < 4.78 is 31.4. The van der Waals surface area contributed by atoms with Crippen molar-refractivity contribution in [2.24, 2.45) is 5.92 Å². The molecule has 2 aliphatic rings. The van der Waals surface area contributed by atoms with E-state index in [1.807, 2.05) is 30.3 Å². The molecule has 1 saturated heterocycles. The highest BCUT2D eigenvalue weighted by Gasteiger charge is 2.55. The van der Waals surface area contributed by atoms with Gasteiger partial charge in [-0.25, -0.2) is 9.18 Å². The Morgan fingerprint density at radius 1 is 0.903 bits per heavy atom. The van der Waals surface area contributed by atoms with E-state index in [0.717, 1.165) is 10.5 Å². The van der Waals surface area contributed by atoms with Crippen molar-refractivity contribution < 1.29 is 47.1 Å². The van der Waals surface area contributed by atoms with Crippen LogP contribution in [0.25, 0.3) is 0 Å². The molecule has 62 heavy (non-hydrogen) atoms. The molecule has 358 valence electrons. The topological polar surface area (TPSA) is 152 Å². The van der Waals surface area contributed by atoms with E-state index >= 15 is 0 Å². The monoisotopic (exact) mass is 927 g/mol. The Morgan fingerprint density at radius 3 is 1.65 bits per heavy atom. The van der Waals surface area contributed by atoms with Crippen molar-refractivity contribution in [2.45, 2.75) is 202 Å². The number of urea groups is 1. The Morgan fingerprint density at radius 2 is 1.34 bits per heavy atom. The lowest BCUT2D eigenvalue weighted by molar-refractivity contribution is -0.142. The van der Waals surface area contributed by atoms with Crippen LogP contribution in [0.5, 0.6) is 0 Å². The number of nitrogens with zero attached hydrogens (tertiary/aromatic N) is 1. The Kier molecular flexibility index (Phi) is 26.6. The van der Waals surface area contributed by atoms with E-state index in [1.54, 1.807) is 13.0 Å². The molecule has 2 heterocycles. The molecule has 0 unspecified atom stereocenters. The zero-order valence-electron chi connectivity index (χ0n) is 42.2. The lowest BCUT2D eigenvalue weighted by Gasteiger charge is -2.45. The van der Waals surface area contributed by atoms with Crippen molar-refractivity contribution in [1.29, 1.82) is 0 Å². The second kappa shape index (κ2) is 26.9. The molecule has 15 heteroatoms. The zero-order chi connectivity index (χ0) is 49.2. The normalized spacial score (nSPS) is 20.2. The number of carbonyl (C=O) groups is 4. The van der Waals surface area contributed by atoms with Gasteiger partial charge in [0.15, 0.2) is 20.2 Å². The molecular weight excluding hydrogens is 840 g/mol. The lowest BCUT2D eigenvalue weighted by Crippen LogP contribution is -2.56. The molecule has 3 rings (SSSR count). The number of esters is 1. The number of alkyl halides is 1. The smallest absolute Gasteiger partial charge is 0.330 e. The summed E-state index contributed by atoms with van der Waals surface area (Å²) in [5.41, 5.74) is 1.33. The molecule has 1 fully saturated rings. The van der Waals surface area contributed by atoms with Crippen molar-refractivity contribution in [3.63, 3.8) is 0 Å². The first-order valence-corrected chi connectivity index (χ1v) is 30.1. The molecule has 4 atom stereocenters. The second-order valence-corrected chi connectivity index (χ2v) is 35.5. The van der Waals surface area contributed by atoms with Gasteiger partial charge in [-0.3, -0.25) is 9.69 Å². The van der Waals surface area contributed by atoms with Crippen LogP contribution in [-0.2, 0) is 34.6 Å². The summed E-state index contributed by atoms with van der Waals surface area (Å²) in [6.07, 6.45) is 2.14. The second-order valence-electron chi connectivity index (χ2n) is 20.2. The number of halogens is 1. The number of Topliss-reactive ketones (excluding diaryl/α,β-unsaturated/α-hetero) is 2. The predicted octanol–water partition coefficient (Wildman–Crippen LogP) is 11.6. The van der Waals surface area contributed by atoms with Gasteiger partial charge in [0, 0.05) is 45.7 Å². The molecule has 11 nitrogen and oxygen atoms in total. The summed E-state index contributed by atoms with van der Waals surface area (Å²) in [5.74, 6) is -0.576. The Hall–Kier alpha value is -2.80. The number of ketones is 2. The number of hydrogen-bond acceptors (Lipinski definition) is 9. The van der Waals surface area contributed by atoms with Crippen molar-refractivity contribution in [3.8, 4) is 0 Å². The number of aliphatic hydroxyl groups excluding tert-OH is 1. The SMILES string of the molecule is C=C1C=CN([C@@H]2O[C@H](CO)[C@@H](C)[C@@]2(C)F)C(=O)N1.CC(=O)CCC(C)=O.CC(=O)OCc1ccccc1.CC(C)(C)[Si](C)(C)C.CC(C)[Si](C)(O[Si](O)(C(C)C)C(C)C)C(C)C. The Bertz CT molecular complexity index is 1510. The van der Waals surface area contributed by atoms with Crippen molar-refractivity contribution >= 4 is 48.5 Å². The van der Waals surface area contributed by atoms with E-state index in [-0.39, 0.29) is 35.2 Å². The van der Waals surface area contributed by atoms with Gasteiger partial charge in [-0.1, -0.05) is 140 Å². The average molecular weight is 927 g/mol. The maximum Gasteiger partial charge on any atom is 0.330 e. The van der Waals surface area contributed by atoms with Gasteiger partial charge in [0.25, 0.3) is 0 Å². The van der Waals surface area contributed by atoms with Gasteiger partial charge in [0.1, 0.15) is 18.2 Å². The number of hydrogen-bond donors (Lipinski definition) is 3. The number of allylic oxidation sites excluding steroid dienone is 1. The van der Waals surface area contributed by atoms with Crippen LogP contribution < -0.4 is 5.32 Å². The molecule has 1 aromatic rings. The minimum absolute atomic E-state index is 0.0835. The van der Waals surface area contributed by atoms with Crippen molar-refractivity contribution in [3.05, 3.63) is 60.4 Å². The summed E-state index contributed by atoms with van der Waals surface area (Å²) in [6, 6.07) is 9.11. The summed E-state index contributed by atoms with van der Waals surface area (Å²) in [7, 11) is -5.32. The van der Waals surface area contributed by atoms with Crippen molar-refractivity contribution in [2.75, 3.05) is 6.61 Å². The van der Waals surface area contributed by atoms with Gasteiger partial charge < -0.3 is 38.4 Å². The van der Waals surface area contributed by atoms with Gasteiger partial charge in [-0.05, 0) is 66.2 Å². The largest absolute Gasteiger partial charge is 0.461 e. The van der Waals surface area contributed by atoms with Gasteiger partial charge in [-0.2, -0.15) is 0 Å². The van der Waals surface area contributed by atoms with Crippen LogP contribution in [0.1, 0.15) is 129 Å². The molecule has 1 aromatic carbocycles. The summed E-state index contributed by atoms with van der Waals surface area (Å²) in [5, 5.41) is 12.2. The molecule has 2 aliphatic heterocycles. The van der Waals surface area contributed by atoms with E-state index < -0.39 is 54.9 Å². The molecule has 0 bridgehead atoms. The van der Waals surface area contributed by atoms with Gasteiger partial charge >= 0.3 is 20.6 Å². The maximum atomic E-state index is 14.6. The third kappa shape index (κ3) is 20.8. The first-order chi connectivity index (χ1) is 28.0. The first-order valence-electron chi connectivity index (χ1n) is 22.0. The minimum Gasteiger partial charge on any atom is -0.461 e. The van der Waals surface area contributed by atoms with Gasteiger partial charge in [-0.15, -0.1) is 0 Å². The Balaban J connectivity index is 0. The van der Waals surface area contributed by atoms with E-state index in [9.17, 15) is 28.4 Å². The number of benzene rings is 1. The fourth-order valence-electron chi connectivity index (χ4n) is 5.48. The molecular formula is C47H87FN2O9Si3. The van der Waals surface area contributed by atoms with Gasteiger partial charge in [0.05, 0.1) is 12.7 Å². The highest BCUT2D eigenvalue weighted by Crippen LogP contribution is 2.42. The number of carbonyl (C=O) groups excluding carboxylic acids is 4. The van der Waals surface area contributed by atoms with E-state index in [2.05, 4.69) is 114 Å².